The molecule has 0 aliphatic rings. The summed E-state index contributed by atoms with van der Waals surface area (Å²) < 4.78 is 10.7. The number of nitrogens with zero attached hydrogens (tertiary/aromatic N) is 3. The Labute approximate surface area is 169 Å². The number of benzene rings is 2. The first-order valence-electron chi connectivity index (χ1n) is 8.98. The maximum atomic E-state index is 12.9. The van der Waals surface area contributed by atoms with E-state index in [0.717, 1.165) is 11.1 Å². The van der Waals surface area contributed by atoms with E-state index in [2.05, 4.69) is 10.1 Å². The minimum atomic E-state index is -0.0363. The van der Waals surface area contributed by atoms with Gasteiger partial charge in [0, 0.05) is 22.2 Å². The molecule has 0 bridgehead atoms. The lowest BCUT2D eigenvalue weighted by Crippen LogP contribution is -2.37. The molecule has 1 amide bonds. The summed E-state index contributed by atoms with van der Waals surface area (Å²) in [6, 6.07) is 14.7. The molecule has 0 saturated carbocycles. The largest absolute Gasteiger partial charge is 0.496 e. The Morgan fingerprint density at radius 2 is 1.89 bits per heavy atom. The smallest absolute Gasteiger partial charge is 0.246 e. The monoisotopic (exact) mass is 399 g/mol. The third-order valence-corrected chi connectivity index (χ3v) is 4.61. The molecule has 0 atom stereocenters. The number of amides is 1. The number of methoxy groups -OCH3 is 1. The summed E-state index contributed by atoms with van der Waals surface area (Å²) in [4.78, 5) is 19.0. The summed E-state index contributed by atoms with van der Waals surface area (Å²) in [5.41, 5.74) is 1.64. The van der Waals surface area contributed by atoms with Gasteiger partial charge in [0.05, 0.1) is 13.5 Å². The molecule has 146 valence electrons. The molecule has 1 heterocycles. The van der Waals surface area contributed by atoms with Crippen LogP contribution in [0.3, 0.4) is 0 Å². The summed E-state index contributed by atoms with van der Waals surface area (Å²) >= 11 is 5.91. The zero-order valence-electron chi connectivity index (χ0n) is 16.1. The van der Waals surface area contributed by atoms with Crippen molar-refractivity contribution >= 4 is 17.5 Å². The summed E-state index contributed by atoms with van der Waals surface area (Å²) in [5.74, 6) is 1.51. The van der Waals surface area contributed by atoms with E-state index < -0.39 is 0 Å². The lowest BCUT2D eigenvalue weighted by molar-refractivity contribution is -0.133. The van der Waals surface area contributed by atoms with Gasteiger partial charge in [0.25, 0.3) is 0 Å². The average Bonchev–Trinajstić information content (AvgIpc) is 3.15. The number of hydrogen-bond acceptors (Lipinski definition) is 5. The molecule has 28 heavy (non-hydrogen) atoms. The molecule has 0 fully saturated rings. The second-order valence-electron chi connectivity index (χ2n) is 6.62. The molecule has 0 unspecified atom stereocenters. The number of halogens is 1. The molecule has 3 rings (SSSR count). The third-order valence-electron chi connectivity index (χ3n) is 4.35. The normalized spacial score (nSPS) is 10.9. The van der Waals surface area contributed by atoms with E-state index in [4.69, 9.17) is 20.9 Å². The number of carbonyl (C=O) groups is 1. The van der Waals surface area contributed by atoms with Crippen LogP contribution < -0.4 is 4.74 Å². The van der Waals surface area contributed by atoms with Crippen LogP contribution >= 0.6 is 11.6 Å². The Balaban J connectivity index is 1.74. The van der Waals surface area contributed by atoms with Gasteiger partial charge in [0.2, 0.25) is 17.6 Å². The summed E-state index contributed by atoms with van der Waals surface area (Å²) in [6.45, 7) is 4.15. The van der Waals surface area contributed by atoms with Crippen LogP contribution in [-0.2, 0) is 17.8 Å². The highest BCUT2D eigenvalue weighted by Gasteiger charge is 2.22. The van der Waals surface area contributed by atoms with Crippen molar-refractivity contribution in [3.8, 4) is 17.1 Å². The highest BCUT2D eigenvalue weighted by atomic mass is 35.5. The predicted molar refractivity (Wildman–Crippen MR) is 107 cm³/mol. The van der Waals surface area contributed by atoms with Crippen molar-refractivity contribution in [1.29, 1.82) is 0 Å². The number of hydrogen-bond donors (Lipinski definition) is 0. The van der Waals surface area contributed by atoms with Gasteiger partial charge in [-0.15, -0.1) is 0 Å². The molecule has 2 aromatic carbocycles. The summed E-state index contributed by atoms with van der Waals surface area (Å²) in [7, 11) is 1.60. The lowest BCUT2D eigenvalue weighted by atomic mass is 10.1. The van der Waals surface area contributed by atoms with Crippen LogP contribution in [0.1, 0.15) is 25.3 Å². The Kier molecular flexibility index (Phi) is 6.31. The number of rotatable bonds is 7. The Morgan fingerprint density at radius 3 is 2.57 bits per heavy atom. The number of para-hydroxylation sites is 1. The topological polar surface area (TPSA) is 68.5 Å². The number of carbonyl (C=O) groups excluding carboxylic acids is 1. The van der Waals surface area contributed by atoms with Crippen molar-refractivity contribution in [2.75, 3.05) is 7.11 Å². The summed E-state index contributed by atoms with van der Waals surface area (Å²) in [6.07, 6.45) is 0.236. The highest BCUT2D eigenvalue weighted by molar-refractivity contribution is 6.30. The third kappa shape index (κ3) is 4.70. The van der Waals surface area contributed by atoms with E-state index in [1.807, 2.05) is 50.2 Å². The van der Waals surface area contributed by atoms with Crippen LogP contribution in [0.5, 0.6) is 5.75 Å². The minimum absolute atomic E-state index is 0.0203. The molecule has 0 aliphatic carbocycles. The van der Waals surface area contributed by atoms with Gasteiger partial charge in [-0.2, -0.15) is 4.98 Å². The van der Waals surface area contributed by atoms with Gasteiger partial charge in [-0.05, 0) is 44.2 Å². The van der Waals surface area contributed by atoms with Crippen LogP contribution in [0.4, 0.5) is 0 Å². The molecule has 1 aromatic heterocycles. The SMILES string of the molecule is COc1ccccc1CC(=O)N(Cc1nc(-c2ccc(Cl)cc2)no1)C(C)C. The van der Waals surface area contributed by atoms with E-state index in [0.29, 0.717) is 22.5 Å². The molecular formula is C21H22ClN3O3. The van der Waals surface area contributed by atoms with Gasteiger partial charge in [0.15, 0.2) is 0 Å². The van der Waals surface area contributed by atoms with Gasteiger partial charge in [-0.25, -0.2) is 0 Å². The van der Waals surface area contributed by atoms with Crippen molar-refractivity contribution < 1.29 is 14.1 Å². The van der Waals surface area contributed by atoms with Crippen molar-refractivity contribution in [2.24, 2.45) is 0 Å². The van der Waals surface area contributed by atoms with Crippen molar-refractivity contribution in [1.82, 2.24) is 15.0 Å². The second-order valence-corrected chi connectivity index (χ2v) is 7.06. The Hall–Kier alpha value is -2.86. The fourth-order valence-corrected chi connectivity index (χ4v) is 2.98. The first kappa shape index (κ1) is 19.9. The molecule has 0 aliphatic heterocycles. The Bertz CT molecular complexity index is 938. The van der Waals surface area contributed by atoms with Gasteiger partial charge >= 0.3 is 0 Å². The Morgan fingerprint density at radius 1 is 1.18 bits per heavy atom. The van der Waals surface area contributed by atoms with Gasteiger partial charge in [-0.3, -0.25) is 4.79 Å². The maximum Gasteiger partial charge on any atom is 0.246 e. The van der Waals surface area contributed by atoms with Crippen LogP contribution in [0, 0.1) is 0 Å². The van der Waals surface area contributed by atoms with Crippen molar-refractivity contribution in [2.45, 2.75) is 32.9 Å². The van der Waals surface area contributed by atoms with Crippen LogP contribution in [0.25, 0.3) is 11.4 Å². The molecule has 6 nitrogen and oxygen atoms in total. The standard InChI is InChI=1S/C21H22ClN3O3/c1-14(2)25(20(26)12-16-6-4-5-7-18(16)27-3)13-19-23-21(24-28-19)15-8-10-17(22)11-9-15/h4-11,14H,12-13H2,1-3H3. The maximum absolute atomic E-state index is 12.9. The lowest BCUT2D eigenvalue weighted by Gasteiger charge is -2.25. The molecule has 7 heteroatoms. The van der Waals surface area contributed by atoms with Crippen molar-refractivity contribution in [3.05, 3.63) is 65.0 Å². The molecule has 0 N–H and O–H groups in total. The van der Waals surface area contributed by atoms with E-state index in [-0.39, 0.29) is 24.9 Å². The zero-order valence-corrected chi connectivity index (χ0v) is 16.8. The fraction of sp³-hybridized carbons (Fsp3) is 0.286. The second kappa shape index (κ2) is 8.89. The molecule has 0 spiro atoms. The number of ether oxygens (including phenoxy) is 1. The molecule has 0 saturated heterocycles. The van der Waals surface area contributed by atoms with E-state index >= 15 is 0 Å². The van der Waals surface area contributed by atoms with Crippen LogP contribution in [0.15, 0.2) is 53.1 Å². The minimum Gasteiger partial charge on any atom is -0.496 e. The van der Waals surface area contributed by atoms with E-state index in [1.165, 1.54) is 0 Å². The van der Waals surface area contributed by atoms with Gasteiger partial charge < -0.3 is 14.2 Å². The van der Waals surface area contributed by atoms with Crippen LogP contribution in [-0.4, -0.2) is 34.1 Å². The van der Waals surface area contributed by atoms with Gasteiger partial charge in [0.1, 0.15) is 12.3 Å². The zero-order chi connectivity index (χ0) is 20.1. The number of aromatic nitrogens is 2. The molecule has 3 aromatic rings. The average molecular weight is 400 g/mol. The molecule has 0 radical (unpaired) electrons. The van der Waals surface area contributed by atoms with E-state index in [1.54, 1.807) is 24.1 Å². The fourth-order valence-electron chi connectivity index (χ4n) is 2.85. The summed E-state index contributed by atoms with van der Waals surface area (Å²) in [5, 5.41) is 4.65. The first-order chi connectivity index (χ1) is 13.5. The van der Waals surface area contributed by atoms with Gasteiger partial charge in [-0.1, -0.05) is 35.0 Å². The quantitative estimate of drug-likeness (QED) is 0.589. The van der Waals surface area contributed by atoms with E-state index in [9.17, 15) is 4.79 Å². The highest BCUT2D eigenvalue weighted by Crippen LogP contribution is 2.21. The predicted octanol–water partition coefficient (Wildman–Crippen LogP) is 4.38. The molecular weight excluding hydrogens is 378 g/mol. The first-order valence-corrected chi connectivity index (χ1v) is 9.35. The van der Waals surface area contributed by atoms with Crippen LogP contribution in [0.2, 0.25) is 5.02 Å². The van der Waals surface area contributed by atoms with Crippen molar-refractivity contribution in [3.63, 3.8) is 0 Å².